The first-order chi connectivity index (χ1) is 5.52. The molecule has 0 amide bonds. The van der Waals surface area contributed by atoms with E-state index in [1.165, 1.54) is 0 Å². The lowest BCUT2D eigenvalue weighted by Gasteiger charge is -2.01. The number of pyridine rings is 1. The number of aromatic nitrogens is 1. The maximum absolute atomic E-state index is 12.3. The molecule has 3 nitrogen and oxygen atoms in total. The molecule has 0 aliphatic carbocycles. The minimum Gasteiger partial charge on any atom is -0.503 e. The van der Waals surface area contributed by atoms with Crippen LogP contribution >= 0.6 is 0 Å². The molecule has 0 aliphatic heterocycles. The smallest absolute Gasteiger partial charge is 0.282 e. The van der Waals surface area contributed by atoms with Crippen LogP contribution in [0.1, 0.15) is 12.1 Å². The molecule has 0 aromatic carbocycles. The van der Waals surface area contributed by atoms with Gasteiger partial charge in [-0.1, -0.05) is 0 Å². The zero-order chi connectivity index (χ0) is 9.30. The van der Waals surface area contributed by atoms with Crippen molar-refractivity contribution >= 4 is 0 Å². The van der Waals surface area contributed by atoms with Crippen molar-refractivity contribution in [1.82, 2.24) is 4.98 Å². The summed E-state index contributed by atoms with van der Waals surface area (Å²) >= 11 is 0. The Kier molecular flexibility index (Phi) is 2.07. The molecule has 6 heteroatoms. The standard InChI is InChI=1S/C6H4F3NO2/c7-3-1-2(11)5(12)4(10-3)6(8)9/h1,6,12H,(H,10,11). The summed E-state index contributed by atoms with van der Waals surface area (Å²) in [5.41, 5.74) is -2.26. The summed E-state index contributed by atoms with van der Waals surface area (Å²) < 4.78 is 36.1. The predicted molar refractivity (Wildman–Crippen MR) is 33.6 cm³/mol. The van der Waals surface area contributed by atoms with Crippen molar-refractivity contribution in [3.8, 4) is 5.75 Å². The van der Waals surface area contributed by atoms with Crippen molar-refractivity contribution in [1.29, 1.82) is 0 Å². The summed E-state index contributed by atoms with van der Waals surface area (Å²) in [4.78, 5) is 12.1. The highest BCUT2D eigenvalue weighted by Gasteiger charge is 2.16. The van der Waals surface area contributed by atoms with Gasteiger partial charge in [0.1, 0.15) is 5.69 Å². The van der Waals surface area contributed by atoms with E-state index in [1.807, 2.05) is 0 Å². The fraction of sp³-hybridized carbons (Fsp3) is 0.167. The molecule has 0 unspecified atom stereocenters. The molecule has 0 saturated carbocycles. The zero-order valence-corrected chi connectivity index (χ0v) is 5.64. The van der Waals surface area contributed by atoms with Crippen LogP contribution < -0.4 is 5.43 Å². The van der Waals surface area contributed by atoms with Crippen LogP contribution in [0.3, 0.4) is 0 Å². The molecule has 0 bridgehead atoms. The topological polar surface area (TPSA) is 53.1 Å². The molecule has 1 rings (SSSR count). The Morgan fingerprint density at radius 2 is 2.08 bits per heavy atom. The lowest BCUT2D eigenvalue weighted by Crippen LogP contribution is -2.07. The second-order valence-corrected chi connectivity index (χ2v) is 2.04. The van der Waals surface area contributed by atoms with Gasteiger partial charge in [-0.05, 0) is 0 Å². The van der Waals surface area contributed by atoms with Crippen LogP contribution in [0.2, 0.25) is 0 Å². The summed E-state index contributed by atoms with van der Waals surface area (Å²) in [7, 11) is 0. The van der Waals surface area contributed by atoms with Crippen LogP contribution in [-0.4, -0.2) is 10.1 Å². The van der Waals surface area contributed by atoms with Crippen LogP contribution in [0.4, 0.5) is 13.2 Å². The van der Waals surface area contributed by atoms with Gasteiger partial charge in [-0.2, -0.15) is 4.39 Å². The Balaban J connectivity index is 3.38. The molecule has 0 atom stereocenters. The molecular formula is C6H4F3NO2. The molecule has 1 aromatic rings. The maximum atomic E-state index is 12.3. The molecule has 12 heavy (non-hydrogen) atoms. The van der Waals surface area contributed by atoms with Crippen molar-refractivity contribution in [3.05, 3.63) is 27.9 Å². The third-order valence-corrected chi connectivity index (χ3v) is 1.22. The van der Waals surface area contributed by atoms with Crippen LogP contribution in [-0.2, 0) is 0 Å². The highest BCUT2D eigenvalue weighted by Crippen LogP contribution is 2.22. The molecule has 1 aromatic heterocycles. The van der Waals surface area contributed by atoms with Gasteiger partial charge in [-0.3, -0.25) is 4.79 Å². The summed E-state index contributed by atoms with van der Waals surface area (Å²) in [5, 5.41) is 8.70. The van der Waals surface area contributed by atoms with Gasteiger partial charge in [0.05, 0.1) is 0 Å². The van der Waals surface area contributed by atoms with Gasteiger partial charge < -0.3 is 10.1 Å². The molecule has 0 saturated heterocycles. The molecular weight excluding hydrogens is 175 g/mol. The first kappa shape index (κ1) is 8.63. The summed E-state index contributed by atoms with van der Waals surface area (Å²) in [6.45, 7) is 0. The third-order valence-electron chi connectivity index (χ3n) is 1.22. The zero-order valence-electron chi connectivity index (χ0n) is 5.64. The number of rotatable bonds is 1. The Morgan fingerprint density at radius 1 is 1.50 bits per heavy atom. The Bertz CT molecular complexity index is 347. The molecule has 0 aliphatic rings. The van der Waals surface area contributed by atoms with Gasteiger partial charge in [-0.15, -0.1) is 0 Å². The SMILES string of the molecule is O=c1cc(F)[nH]c(C(F)F)c1O. The predicted octanol–water partition coefficient (Wildman–Crippen LogP) is 1.16. The van der Waals surface area contributed by atoms with Gasteiger partial charge in [0.15, 0.2) is 11.7 Å². The second-order valence-electron chi connectivity index (χ2n) is 2.04. The van der Waals surface area contributed by atoms with E-state index < -0.39 is 29.2 Å². The van der Waals surface area contributed by atoms with Gasteiger partial charge in [0.2, 0.25) is 5.43 Å². The molecule has 2 N–H and O–H groups in total. The van der Waals surface area contributed by atoms with E-state index in [9.17, 15) is 18.0 Å². The van der Waals surface area contributed by atoms with Gasteiger partial charge >= 0.3 is 0 Å². The Morgan fingerprint density at radius 3 is 2.58 bits per heavy atom. The van der Waals surface area contributed by atoms with Crippen molar-refractivity contribution in [3.63, 3.8) is 0 Å². The Hall–Kier alpha value is -1.46. The number of hydrogen-bond acceptors (Lipinski definition) is 2. The monoisotopic (exact) mass is 179 g/mol. The summed E-state index contributed by atoms with van der Waals surface area (Å²) in [5.74, 6) is -2.35. The highest BCUT2D eigenvalue weighted by molar-refractivity contribution is 5.26. The highest BCUT2D eigenvalue weighted by atomic mass is 19.3. The number of halogens is 3. The van der Waals surface area contributed by atoms with Gasteiger partial charge in [-0.25, -0.2) is 8.78 Å². The minimum atomic E-state index is -3.10. The number of aromatic hydroxyl groups is 1. The third kappa shape index (κ3) is 1.41. The van der Waals surface area contributed by atoms with E-state index in [-0.39, 0.29) is 0 Å². The summed E-state index contributed by atoms with van der Waals surface area (Å²) in [6, 6.07) is 0.390. The van der Waals surface area contributed by atoms with E-state index in [0.717, 1.165) is 0 Å². The minimum absolute atomic E-state index is 0.390. The molecule has 0 radical (unpaired) electrons. The van der Waals surface area contributed by atoms with E-state index >= 15 is 0 Å². The van der Waals surface area contributed by atoms with E-state index in [4.69, 9.17) is 5.11 Å². The number of aromatic amines is 1. The van der Waals surface area contributed by atoms with E-state index in [2.05, 4.69) is 0 Å². The van der Waals surface area contributed by atoms with E-state index in [0.29, 0.717) is 6.07 Å². The molecule has 1 heterocycles. The van der Waals surface area contributed by atoms with Crippen molar-refractivity contribution in [2.75, 3.05) is 0 Å². The average Bonchev–Trinajstić information content (AvgIpc) is 1.96. The lowest BCUT2D eigenvalue weighted by molar-refractivity contribution is 0.140. The molecule has 0 spiro atoms. The fourth-order valence-corrected chi connectivity index (χ4v) is 0.698. The molecule has 66 valence electrons. The van der Waals surface area contributed by atoms with Crippen LogP contribution in [0.15, 0.2) is 10.9 Å². The van der Waals surface area contributed by atoms with Crippen LogP contribution in [0, 0.1) is 5.95 Å². The number of nitrogens with one attached hydrogen (secondary N) is 1. The van der Waals surface area contributed by atoms with Gasteiger partial charge in [0.25, 0.3) is 6.43 Å². The van der Waals surface area contributed by atoms with Crippen molar-refractivity contribution in [2.24, 2.45) is 0 Å². The largest absolute Gasteiger partial charge is 0.503 e. The Labute approximate surface area is 64.5 Å². The maximum Gasteiger partial charge on any atom is 0.282 e. The van der Waals surface area contributed by atoms with E-state index in [1.54, 1.807) is 4.98 Å². The normalized spacial score (nSPS) is 10.7. The first-order valence-electron chi connectivity index (χ1n) is 2.92. The second kappa shape index (κ2) is 2.88. The lowest BCUT2D eigenvalue weighted by atomic mass is 10.3. The number of alkyl halides is 2. The van der Waals surface area contributed by atoms with Gasteiger partial charge in [0, 0.05) is 6.07 Å². The first-order valence-corrected chi connectivity index (χ1v) is 2.92. The van der Waals surface area contributed by atoms with Crippen molar-refractivity contribution in [2.45, 2.75) is 6.43 Å². The van der Waals surface area contributed by atoms with Crippen molar-refractivity contribution < 1.29 is 18.3 Å². The quantitative estimate of drug-likeness (QED) is 0.635. The van der Waals surface area contributed by atoms with Crippen LogP contribution in [0.25, 0.3) is 0 Å². The number of hydrogen-bond donors (Lipinski definition) is 2. The molecule has 0 fully saturated rings. The average molecular weight is 179 g/mol. The van der Waals surface area contributed by atoms with Crippen LogP contribution in [0.5, 0.6) is 5.75 Å². The summed E-state index contributed by atoms with van der Waals surface area (Å²) in [6.07, 6.45) is -3.10. The fourth-order valence-electron chi connectivity index (χ4n) is 0.698. The number of H-pyrrole nitrogens is 1.